The number of thioether (sulfide) groups is 1. The highest BCUT2D eigenvalue weighted by atomic mass is 35.5. The van der Waals surface area contributed by atoms with E-state index in [1.807, 2.05) is 42.5 Å². The van der Waals surface area contributed by atoms with Gasteiger partial charge in [0.05, 0.1) is 5.56 Å². The van der Waals surface area contributed by atoms with Gasteiger partial charge in [-0.3, -0.25) is 0 Å². The van der Waals surface area contributed by atoms with Gasteiger partial charge in [0.2, 0.25) is 0 Å². The second kappa shape index (κ2) is 7.88. The molecule has 0 bridgehead atoms. The van der Waals surface area contributed by atoms with Gasteiger partial charge in [0.25, 0.3) is 0 Å². The van der Waals surface area contributed by atoms with Crippen molar-refractivity contribution in [1.29, 1.82) is 5.26 Å². The first-order valence-corrected chi connectivity index (χ1v) is 8.03. The summed E-state index contributed by atoms with van der Waals surface area (Å²) < 4.78 is 5.00. The highest BCUT2D eigenvalue weighted by molar-refractivity contribution is 7.98. The molecule has 3 nitrogen and oxygen atoms in total. The first-order chi connectivity index (χ1) is 10.6. The molecule has 0 radical (unpaired) electrons. The van der Waals surface area contributed by atoms with Crippen molar-refractivity contribution in [1.82, 2.24) is 0 Å². The normalized spacial score (nSPS) is 11.5. The number of benzene rings is 2. The molecule has 5 heteroatoms. The molecule has 112 valence electrons. The largest absolute Gasteiger partial charge is 0.444 e. The third-order valence-electron chi connectivity index (χ3n) is 2.85. The van der Waals surface area contributed by atoms with Gasteiger partial charge >= 0.3 is 5.97 Å². The van der Waals surface area contributed by atoms with Gasteiger partial charge < -0.3 is 4.74 Å². The summed E-state index contributed by atoms with van der Waals surface area (Å²) >= 11 is 7.51. The molecule has 2 aromatic carbocycles. The number of rotatable bonds is 5. The maximum absolute atomic E-state index is 11.9. The Hall–Kier alpha value is -1.96. The fourth-order valence-corrected chi connectivity index (χ4v) is 2.71. The fraction of sp³-hybridized carbons (Fsp3) is 0.176. The zero-order valence-electron chi connectivity index (χ0n) is 12.0. The van der Waals surface area contributed by atoms with Crippen LogP contribution in [0.2, 0.25) is 5.02 Å². The number of halogens is 1. The first-order valence-electron chi connectivity index (χ1n) is 6.66. The average molecular weight is 332 g/mol. The van der Waals surface area contributed by atoms with E-state index in [-0.39, 0.29) is 0 Å². The van der Waals surface area contributed by atoms with Crippen LogP contribution in [0.3, 0.4) is 0 Å². The van der Waals surface area contributed by atoms with E-state index in [0.717, 1.165) is 16.2 Å². The molecule has 0 fully saturated rings. The highest BCUT2D eigenvalue weighted by Gasteiger charge is 2.11. The number of carbonyl (C=O) groups excluding carboxylic acids is 1. The minimum atomic E-state index is -0.750. The highest BCUT2D eigenvalue weighted by Crippen LogP contribution is 2.24. The van der Waals surface area contributed by atoms with Crippen LogP contribution in [0.25, 0.3) is 0 Å². The van der Waals surface area contributed by atoms with Crippen molar-refractivity contribution >= 4 is 29.3 Å². The van der Waals surface area contributed by atoms with Gasteiger partial charge in [0, 0.05) is 15.7 Å². The summed E-state index contributed by atoms with van der Waals surface area (Å²) in [5.41, 5.74) is 1.47. The van der Waals surface area contributed by atoms with Crippen LogP contribution in [0.15, 0.2) is 53.4 Å². The fourth-order valence-electron chi connectivity index (χ4n) is 1.74. The van der Waals surface area contributed by atoms with Crippen molar-refractivity contribution in [3.05, 3.63) is 64.7 Å². The van der Waals surface area contributed by atoms with Gasteiger partial charge in [0.15, 0.2) is 6.10 Å². The minimum Gasteiger partial charge on any atom is -0.444 e. The summed E-state index contributed by atoms with van der Waals surface area (Å²) in [6.07, 6.45) is -0.750. The van der Waals surface area contributed by atoms with Crippen LogP contribution in [0.5, 0.6) is 0 Å². The van der Waals surface area contributed by atoms with Crippen LogP contribution in [0, 0.1) is 11.3 Å². The second-order valence-corrected chi connectivity index (χ2v) is 6.10. The Kier molecular flexibility index (Phi) is 5.88. The number of hydrogen-bond acceptors (Lipinski definition) is 4. The molecule has 0 aliphatic rings. The van der Waals surface area contributed by atoms with Gasteiger partial charge in [-0.1, -0.05) is 23.7 Å². The summed E-state index contributed by atoms with van der Waals surface area (Å²) in [5, 5.41) is 9.38. The lowest BCUT2D eigenvalue weighted by Gasteiger charge is -2.07. The summed E-state index contributed by atoms with van der Waals surface area (Å²) in [6, 6.07) is 16.7. The summed E-state index contributed by atoms with van der Waals surface area (Å²) in [7, 11) is 0. The number of hydrogen-bond donors (Lipinski definition) is 0. The van der Waals surface area contributed by atoms with Gasteiger partial charge in [0.1, 0.15) is 6.07 Å². The first kappa shape index (κ1) is 16.4. The molecule has 0 heterocycles. The van der Waals surface area contributed by atoms with Crippen molar-refractivity contribution in [3.8, 4) is 6.07 Å². The topological polar surface area (TPSA) is 50.1 Å². The molecule has 0 amide bonds. The van der Waals surface area contributed by atoms with Crippen LogP contribution in [-0.4, -0.2) is 12.1 Å². The minimum absolute atomic E-state index is 0.455. The van der Waals surface area contributed by atoms with Gasteiger partial charge in [-0.05, 0) is 48.9 Å². The molecule has 2 rings (SSSR count). The maximum atomic E-state index is 11.9. The zero-order chi connectivity index (χ0) is 15.9. The Balaban J connectivity index is 2.01. The molecule has 0 saturated heterocycles. The Morgan fingerprint density at radius 1 is 1.32 bits per heavy atom. The summed E-state index contributed by atoms with van der Waals surface area (Å²) in [6.45, 7) is 1.54. The van der Waals surface area contributed by atoms with E-state index in [2.05, 4.69) is 0 Å². The summed E-state index contributed by atoms with van der Waals surface area (Å²) in [5.74, 6) is 0.253. The smallest absolute Gasteiger partial charge is 0.339 e. The molecule has 0 aromatic heterocycles. The van der Waals surface area contributed by atoms with E-state index < -0.39 is 12.1 Å². The Morgan fingerprint density at radius 3 is 2.73 bits per heavy atom. The van der Waals surface area contributed by atoms with Crippen LogP contribution < -0.4 is 0 Å². The van der Waals surface area contributed by atoms with Crippen LogP contribution in [-0.2, 0) is 10.5 Å². The number of ether oxygens (including phenoxy) is 1. The maximum Gasteiger partial charge on any atom is 0.339 e. The third kappa shape index (κ3) is 4.80. The van der Waals surface area contributed by atoms with Crippen LogP contribution >= 0.6 is 23.4 Å². The lowest BCUT2D eigenvalue weighted by atomic mass is 10.1. The van der Waals surface area contributed by atoms with E-state index in [0.29, 0.717) is 10.6 Å². The van der Waals surface area contributed by atoms with E-state index in [9.17, 15) is 4.79 Å². The summed E-state index contributed by atoms with van der Waals surface area (Å²) in [4.78, 5) is 13.0. The van der Waals surface area contributed by atoms with Crippen molar-refractivity contribution in [2.75, 3.05) is 0 Å². The second-order valence-electron chi connectivity index (χ2n) is 4.62. The van der Waals surface area contributed by atoms with Crippen LogP contribution in [0.1, 0.15) is 22.8 Å². The molecule has 0 spiro atoms. The number of carbonyl (C=O) groups is 1. The van der Waals surface area contributed by atoms with Crippen molar-refractivity contribution in [3.63, 3.8) is 0 Å². The molecule has 0 unspecified atom stereocenters. The van der Waals surface area contributed by atoms with Gasteiger partial charge in [-0.2, -0.15) is 5.26 Å². The molecule has 1 atom stereocenters. The predicted octanol–water partition coefficient (Wildman–Crippen LogP) is 4.70. The van der Waals surface area contributed by atoms with Crippen molar-refractivity contribution < 1.29 is 9.53 Å². The predicted molar refractivity (Wildman–Crippen MR) is 87.9 cm³/mol. The van der Waals surface area contributed by atoms with Gasteiger partial charge in [-0.25, -0.2) is 4.79 Å². The van der Waals surface area contributed by atoms with Crippen molar-refractivity contribution in [2.24, 2.45) is 0 Å². The standard InChI is InChI=1S/C17H14ClNO2S/c1-12(10-19)21-17(20)14-4-2-3-13(9-14)11-22-16-7-5-15(18)6-8-16/h2-9,12H,11H2,1H3/t12-/m1/s1. The van der Waals surface area contributed by atoms with E-state index in [4.69, 9.17) is 21.6 Å². The van der Waals surface area contributed by atoms with E-state index >= 15 is 0 Å². The monoisotopic (exact) mass is 331 g/mol. The number of nitrogens with zero attached hydrogens (tertiary/aromatic N) is 1. The third-order valence-corrected chi connectivity index (χ3v) is 4.18. The Bertz CT molecular complexity index is 695. The Morgan fingerprint density at radius 2 is 2.05 bits per heavy atom. The van der Waals surface area contributed by atoms with Gasteiger partial charge in [-0.15, -0.1) is 11.8 Å². The molecule has 0 N–H and O–H groups in total. The molecule has 0 aliphatic heterocycles. The molecule has 2 aromatic rings. The number of nitriles is 1. The molecular weight excluding hydrogens is 318 g/mol. The number of esters is 1. The lowest BCUT2D eigenvalue weighted by Crippen LogP contribution is -2.13. The van der Waals surface area contributed by atoms with E-state index in [1.165, 1.54) is 6.92 Å². The van der Waals surface area contributed by atoms with E-state index in [1.54, 1.807) is 23.9 Å². The van der Waals surface area contributed by atoms with Crippen molar-refractivity contribution in [2.45, 2.75) is 23.7 Å². The Labute approximate surface area is 138 Å². The molecule has 0 saturated carbocycles. The molecular formula is C17H14ClNO2S. The average Bonchev–Trinajstić information content (AvgIpc) is 2.54. The lowest BCUT2D eigenvalue weighted by molar-refractivity contribution is 0.0435. The van der Waals surface area contributed by atoms with Crippen LogP contribution in [0.4, 0.5) is 0 Å². The SMILES string of the molecule is C[C@H](C#N)OC(=O)c1cccc(CSc2ccc(Cl)cc2)c1. The quantitative estimate of drug-likeness (QED) is 0.588. The molecule has 22 heavy (non-hydrogen) atoms. The molecule has 0 aliphatic carbocycles. The zero-order valence-corrected chi connectivity index (χ0v) is 13.5.